The lowest BCUT2D eigenvalue weighted by Gasteiger charge is -2.23. The molecule has 6 nitrogen and oxygen atoms in total. The van der Waals surface area contributed by atoms with E-state index >= 15 is 0 Å². The molecule has 0 aliphatic carbocycles. The Kier molecular flexibility index (Phi) is 6.56. The van der Waals surface area contributed by atoms with Crippen LogP contribution in [0.1, 0.15) is 47.2 Å². The summed E-state index contributed by atoms with van der Waals surface area (Å²) < 4.78 is 6.78. The number of hydrogen-bond acceptors (Lipinski definition) is 6. The number of aryl methyl sites for hydroxylation is 3. The highest BCUT2D eigenvalue weighted by Crippen LogP contribution is 2.45. The van der Waals surface area contributed by atoms with Gasteiger partial charge in [-0.05, 0) is 62.1 Å². The van der Waals surface area contributed by atoms with Gasteiger partial charge in [0.25, 0.3) is 5.78 Å². The number of thiazole rings is 1. The van der Waals surface area contributed by atoms with E-state index in [1.165, 1.54) is 16.2 Å². The number of fused-ring (bicyclic) bond motifs is 1. The molecule has 1 aromatic heterocycles. The van der Waals surface area contributed by atoms with Crippen molar-refractivity contribution < 1.29 is 19.4 Å². The van der Waals surface area contributed by atoms with Crippen LogP contribution in [0.3, 0.4) is 0 Å². The SMILES string of the molecule is CCCOc1cccc(C2C(=C(O)c3ccc(C)cc3)C(=O)C(=O)N2c2nc3c(C)cc(C)cc3s2)c1. The number of benzene rings is 3. The number of nitrogens with zero attached hydrogens (tertiary/aromatic N) is 2. The van der Waals surface area contributed by atoms with Crippen LogP contribution in [-0.4, -0.2) is 28.4 Å². The highest BCUT2D eigenvalue weighted by Gasteiger charge is 2.48. The van der Waals surface area contributed by atoms with Crippen LogP contribution in [0.2, 0.25) is 0 Å². The second-order valence-electron chi connectivity index (χ2n) is 9.38. The Hall–Kier alpha value is -3.97. The van der Waals surface area contributed by atoms with Crippen molar-refractivity contribution in [3.05, 3.63) is 94.1 Å². The smallest absolute Gasteiger partial charge is 0.301 e. The molecule has 1 amide bonds. The lowest BCUT2D eigenvalue weighted by Crippen LogP contribution is -2.29. The molecule has 1 saturated heterocycles. The molecule has 0 bridgehead atoms. The molecule has 1 aliphatic rings. The van der Waals surface area contributed by atoms with E-state index in [1.54, 1.807) is 12.1 Å². The van der Waals surface area contributed by atoms with Gasteiger partial charge in [0.15, 0.2) is 5.13 Å². The molecular weight excluding hydrogens is 484 g/mol. The Labute approximate surface area is 219 Å². The third-order valence-electron chi connectivity index (χ3n) is 6.44. The number of ketones is 1. The summed E-state index contributed by atoms with van der Waals surface area (Å²) in [4.78, 5) is 33.2. The molecule has 2 heterocycles. The third kappa shape index (κ3) is 4.51. The molecule has 188 valence electrons. The van der Waals surface area contributed by atoms with E-state index in [2.05, 4.69) is 0 Å². The third-order valence-corrected chi connectivity index (χ3v) is 7.44. The summed E-state index contributed by atoms with van der Waals surface area (Å²) in [6, 6.07) is 17.8. The number of hydrogen-bond donors (Lipinski definition) is 1. The van der Waals surface area contributed by atoms with Crippen LogP contribution in [0, 0.1) is 20.8 Å². The summed E-state index contributed by atoms with van der Waals surface area (Å²) in [5.41, 5.74) is 5.09. The summed E-state index contributed by atoms with van der Waals surface area (Å²) >= 11 is 1.36. The molecule has 0 saturated carbocycles. The normalized spacial score (nSPS) is 17.1. The van der Waals surface area contributed by atoms with Crippen LogP contribution in [0.5, 0.6) is 5.75 Å². The van der Waals surface area contributed by atoms with Crippen molar-refractivity contribution in [2.24, 2.45) is 0 Å². The standard InChI is InChI=1S/C30H28N2O4S/c1-5-13-36-22-8-6-7-21(16-22)26-24(27(33)20-11-9-17(2)10-12-20)28(34)29(35)32(26)30-31-25-19(4)14-18(3)15-23(25)37-30/h6-12,14-16,26,33H,5,13H2,1-4H3. The number of anilines is 1. The second-order valence-corrected chi connectivity index (χ2v) is 10.4. The van der Waals surface area contributed by atoms with Crippen molar-refractivity contribution in [3.63, 3.8) is 0 Å². The van der Waals surface area contributed by atoms with Crippen molar-refractivity contribution >= 4 is 44.1 Å². The number of aliphatic hydroxyl groups excluding tert-OH is 1. The van der Waals surface area contributed by atoms with Crippen molar-refractivity contribution in [1.29, 1.82) is 0 Å². The van der Waals surface area contributed by atoms with Crippen molar-refractivity contribution in [1.82, 2.24) is 4.98 Å². The van der Waals surface area contributed by atoms with Gasteiger partial charge in [0.05, 0.1) is 28.4 Å². The quantitative estimate of drug-likeness (QED) is 0.178. The molecule has 4 aromatic rings. The fourth-order valence-electron chi connectivity index (χ4n) is 4.67. The minimum Gasteiger partial charge on any atom is -0.507 e. The number of amides is 1. The van der Waals surface area contributed by atoms with E-state index in [1.807, 2.05) is 76.2 Å². The maximum Gasteiger partial charge on any atom is 0.301 e. The van der Waals surface area contributed by atoms with Crippen LogP contribution in [0.25, 0.3) is 16.0 Å². The predicted molar refractivity (Wildman–Crippen MR) is 147 cm³/mol. The fraction of sp³-hybridized carbons (Fsp3) is 0.233. The zero-order chi connectivity index (χ0) is 26.3. The molecule has 0 radical (unpaired) electrons. The van der Waals surface area contributed by atoms with Crippen LogP contribution in [0.4, 0.5) is 5.13 Å². The van der Waals surface area contributed by atoms with Gasteiger partial charge in [-0.3, -0.25) is 14.5 Å². The van der Waals surface area contributed by atoms with Crippen molar-refractivity contribution in [2.45, 2.75) is 40.2 Å². The number of carbonyl (C=O) groups excluding carboxylic acids is 2. The van der Waals surface area contributed by atoms with Crippen molar-refractivity contribution in [3.8, 4) is 5.75 Å². The molecular formula is C30H28N2O4S. The van der Waals surface area contributed by atoms with E-state index in [9.17, 15) is 14.7 Å². The monoisotopic (exact) mass is 512 g/mol. The first-order chi connectivity index (χ1) is 17.8. The van der Waals surface area contributed by atoms with Gasteiger partial charge in [-0.15, -0.1) is 0 Å². The van der Waals surface area contributed by atoms with Crippen LogP contribution < -0.4 is 9.64 Å². The van der Waals surface area contributed by atoms with Gasteiger partial charge in [-0.25, -0.2) is 4.98 Å². The van der Waals surface area contributed by atoms with Gasteiger partial charge < -0.3 is 9.84 Å². The Bertz CT molecular complexity index is 1550. The van der Waals surface area contributed by atoms with Gasteiger partial charge in [-0.2, -0.15) is 0 Å². The number of Topliss-reactive ketones (excluding diaryl/α,β-unsaturated/α-hetero) is 1. The number of carbonyl (C=O) groups is 2. The Morgan fingerprint density at radius 2 is 1.78 bits per heavy atom. The van der Waals surface area contributed by atoms with Gasteiger partial charge in [-0.1, -0.05) is 66.3 Å². The first-order valence-electron chi connectivity index (χ1n) is 12.3. The summed E-state index contributed by atoms with van der Waals surface area (Å²) in [5, 5.41) is 11.8. The first-order valence-corrected chi connectivity index (χ1v) is 13.1. The maximum atomic E-state index is 13.5. The molecule has 0 spiro atoms. The number of ether oxygens (including phenoxy) is 1. The van der Waals surface area contributed by atoms with E-state index in [0.717, 1.165) is 33.3 Å². The second kappa shape index (κ2) is 9.82. The summed E-state index contributed by atoms with van der Waals surface area (Å²) in [5.74, 6) is -1.03. The van der Waals surface area contributed by atoms with Gasteiger partial charge in [0.1, 0.15) is 11.5 Å². The molecule has 1 atom stereocenters. The molecule has 7 heteroatoms. The van der Waals surface area contributed by atoms with E-state index in [4.69, 9.17) is 9.72 Å². The minimum absolute atomic E-state index is 0.0358. The molecule has 5 rings (SSSR count). The van der Waals surface area contributed by atoms with Crippen LogP contribution in [0.15, 0.2) is 66.2 Å². The van der Waals surface area contributed by atoms with Gasteiger partial charge in [0.2, 0.25) is 0 Å². The summed E-state index contributed by atoms with van der Waals surface area (Å²) in [6.07, 6.45) is 0.848. The topological polar surface area (TPSA) is 79.7 Å². The first kappa shape index (κ1) is 24.7. The van der Waals surface area contributed by atoms with E-state index in [-0.39, 0.29) is 11.3 Å². The van der Waals surface area contributed by atoms with Crippen LogP contribution in [-0.2, 0) is 9.59 Å². The molecule has 1 aliphatic heterocycles. The van der Waals surface area contributed by atoms with Crippen molar-refractivity contribution in [2.75, 3.05) is 11.5 Å². The lowest BCUT2D eigenvalue weighted by molar-refractivity contribution is -0.132. The molecule has 1 N–H and O–H groups in total. The average molecular weight is 513 g/mol. The number of aromatic nitrogens is 1. The summed E-state index contributed by atoms with van der Waals surface area (Å²) in [7, 11) is 0. The average Bonchev–Trinajstić information content (AvgIpc) is 3.41. The van der Waals surface area contributed by atoms with Crippen LogP contribution >= 0.6 is 11.3 Å². The molecule has 1 fully saturated rings. The Balaban J connectivity index is 1.72. The lowest BCUT2D eigenvalue weighted by atomic mass is 9.95. The highest BCUT2D eigenvalue weighted by molar-refractivity contribution is 7.22. The zero-order valence-corrected chi connectivity index (χ0v) is 22.1. The molecule has 1 unspecified atom stereocenters. The van der Waals surface area contributed by atoms with E-state index < -0.39 is 17.7 Å². The Morgan fingerprint density at radius 3 is 2.51 bits per heavy atom. The summed E-state index contributed by atoms with van der Waals surface area (Å²) in [6.45, 7) is 8.51. The number of aliphatic hydroxyl groups is 1. The molecule has 37 heavy (non-hydrogen) atoms. The van der Waals surface area contributed by atoms with E-state index in [0.29, 0.717) is 28.6 Å². The highest BCUT2D eigenvalue weighted by atomic mass is 32.1. The minimum atomic E-state index is -0.853. The number of rotatable bonds is 6. The zero-order valence-electron chi connectivity index (χ0n) is 21.2. The predicted octanol–water partition coefficient (Wildman–Crippen LogP) is 6.64. The largest absolute Gasteiger partial charge is 0.507 e. The fourth-order valence-corrected chi connectivity index (χ4v) is 5.84. The maximum absolute atomic E-state index is 13.5. The molecule has 3 aromatic carbocycles. The Morgan fingerprint density at radius 1 is 1.03 bits per heavy atom. The van der Waals surface area contributed by atoms with Gasteiger partial charge >= 0.3 is 5.91 Å². The van der Waals surface area contributed by atoms with Gasteiger partial charge in [0, 0.05) is 5.56 Å².